The van der Waals surface area contributed by atoms with Gasteiger partial charge < -0.3 is 4.74 Å². The fraction of sp³-hybridized carbons (Fsp3) is 0.364. The lowest BCUT2D eigenvalue weighted by molar-refractivity contribution is 0.116. The Bertz CT molecular complexity index is 546. The maximum Gasteiger partial charge on any atom is 0.180 e. The van der Waals surface area contributed by atoms with Crippen LogP contribution in [0.2, 0.25) is 10.0 Å². The summed E-state index contributed by atoms with van der Waals surface area (Å²) in [6.45, 7) is 1.49. The normalized spacial score (nSPS) is 13.0. The number of nitrogens with zero attached hydrogens (tertiary/aromatic N) is 1. The molecule has 1 aromatic carbocycles. The third-order valence-corrected chi connectivity index (χ3v) is 4.19. The van der Waals surface area contributed by atoms with Crippen molar-refractivity contribution in [1.82, 2.24) is 0 Å². The molecule has 1 rings (SSSR count). The molecule has 1 unspecified atom stereocenters. The molecule has 0 aliphatic carbocycles. The fourth-order valence-electron chi connectivity index (χ4n) is 1.20. The Morgan fingerprint density at radius 2 is 1.89 bits per heavy atom. The molecular formula is C11H11Cl2NO3S. The summed E-state index contributed by atoms with van der Waals surface area (Å²) < 4.78 is 28.9. The zero-order valence-corrected chi connectivity index (χ0v) is 11.9. The lowest BCUT2D eigenvalue weighted by Gasteiger charge is -2.07. The molecule has 0 saturated heterocycles. The first kappa shape index (κ1) is 15.3. The van der Waals surface area contributed by atoms with Gasteiger partial charge >= 0.3 is 0 Å². The maximum absolute atomic E-state index is 11.9. The topological polar surface area (TPSA) is 67.2 Å². The average molecular weight is 308 g/mol. The van der Waals surface area contributed by atoms with E-state index in [4.69, 9.17) is 33.2 Å². The molecular weight excluding hydrogens is 297 g/mol. The highest BCUT2D eigenvalue weighted by Gasteiger charge is 2.16. The minimum absolute atomic E-state index is 0.0493. The van der Waals surface area contributed by atoms with Gasteiger partial charge in [0.2, 0.25) is 0 Å². The molecule has 1 aromatic rings. The average Bonchev–Trinajstić information content (AvgIpc) is 2.27. The van der Waals surface area contributed by atoms with Gasteiger partial charge in [-0.05, 0) is 25.1 Å². The van der Waals surface area contributed by atoms with Crippen LogP contribution in [0.25, 0.3) is 0 Å². The quantitative estimate of drug-likeness (QED) is 0.838. The Kier molecular flexibility index (Phi) is 5.42. The van der Waals surface area contributed by atoms with E-state index in [1.54, 1.807) is 6.92 Å². The first-order chi connectivity index (χ1) is 8.35. The second-order valence-corrected chi connectivity index (χ2v) is 6.55. The van der Waals surface area contributed by atoms with E-state index in [-0.39, 0.29) is 27.3 Å². The Morgan fingerprint density at radius 1 is 1.33 bits per heavy atom. The monoisotopic (exact) mass is 307 g/mol. The standard InChI is InChI=1S/C11H11Cl2NO3S/c1-8(7-14)17-2-3-18(15,16)11-5-9(12)4-10(13)6-11/h4-6,8H,2-3H2,1H3. The van der Waals surface area contributed by atoms with Crippen molar-refractivity contribution >= 4 is 33.0 Å². The smallest absolute Gasteiger partial charge is 0.180 e. The maximum atomic E-state index is 11.9. The van der Waals surface area contributed by atoms with Crippen molar-refractivity contribution in [1.29, 1.82) is 5.26 Å². The van der Waals surface area contributed by atoms with Gasteiger partial charge in [0.1, 0.15) is 6.10 Å². The van der Waals surface area contributed by atoms with E-state index in [1.807, 2.05) is 6.07 Å². The van der Waals surface area contributed by atoms with Crippen LogP contribution in [0.1, 0.15) is 6.92 Å². The van der Waals surface area contributed by atoms with Gasteiger partial charge in [-0.3, -0.25) is 0 Å². The summed E-state index contributed by atoms with van der Waals surface area (Å²) in [7, 11) is -3.51. The Morgan fingerprint density at radius 3 is 2.39 bits per heavy atom. The lowest BCUT2D eigenvalue weighted by atomic mass is 10.4. The van der Waals surface area contributed by atoms with E-state index in [0.717, 1.165) is 0 Å². The van der Waals surface area contributed by atoms with Crippen molar-refractivity contribution in [2.24, 2.45) is 0 Å². The van der Waals surface area contributed by atoms with Crippen LogP contribution in [0.3, 0.4) is 0 Å². The summed E-state index contributed by atoms with van der Waals surface area (Å²) in [5.41, 5.74) is 0. The summed E-state index contributed by atoms with van der Waals surface area (Å²) in [6, 6.07) is 5.96. The van der Waals surface area contributed by atoms with Crippen LogP contribution < -0.4 is 0 Å². The van der Waals surface area contributed by atoms with Crippen molar-refractivity contribution in [2.45, 2.75) is 17.9 Å². The molecule has 0 aliphatic rings. The molecule has 0 bridgehead atoms. The molecule has 0 N–H and O–H groups in total. The third kappa shape index (κ3) is 4.46. The van der Waals surface area contributed by atoms with Crippen LogP contribution in [-0.2, 0) is 14.6 Å². The summed E-state index contributed by atoms with van der Waals surface area (Å²) in [6.07, 6.45) is -0.636. The van der Waals surface area contributed by atoms with Gasteiger partial charge in [0.25, 0.3) is 0 Å². The molecule has 1 atom stereocenters. The first-order valence-electron chi connectivity index (χ1n) is 5.05. The van der Waals surface area contributed by atoms with Crippen molar-refractivity contribution in [3.05, 3.63) is 28.2 Å². The van der Waals surface area contributed by atoms with Gasteiger partial charge in [-0.25, -0.2) is 8.42 Å². The van der Waals surface area contributed by atoms with Gasteiger partial charge in [-0.2, -0.15) is 5.26 Å². The molecule has 7 heteroatoms. The van der Waals surface area contributed by atoms with Gasteiger partial charge in [0, 0.05) is 10.0 Å². The SMILES string of the molecule is CC(C#N)OCCS(=O)(=O)c1cc(Cl)cc(Cl)c1. The Hall–Kier alpha value is -0.800. The molecule has 0 saturated carbocycles. The second kappa shape index (κ2) is 6.39. The number of hydrogen-bond donors (Lipinski definition) is 0. The minimum atomic E-state index is -3.51. The number of hydrogen-bond acceptors (Lipinski definition) is 4. The van der Waals surface area contributed by atoms with E-state index in [0.29, 0.717) is 0 Å². The number of rotatable bonds is 5. The molecule has 0 aliphatic heterocycles. The van der Waals surface area contributed by atoms with E-state index < -0.39 is 15.9 Å². The highest BCUT2D eigenvalue weighted by atomic mass is 35.5. The van der Waals surface area contributed by atoms with Gasteiger partial charge in [-0.15, -0.1) is 0 Å². The number of sulfone groups is 1. The summed E-state index contributed by atoms with van der Waals surface area (Å²) in [5.74, 6) is -0.226. The third-order valence-electron chi connectivity index (χ3n) is 2.10. The van der Waals surface area contributed by atoms with Crippen LogP contribution in [-0.4, -0.2) is 26.9 Å². The van der Waals surface area contributed by atoms with Gasteiger partial charge in [0.15, 0.2) is 9.84 Å². The van der Waals surface area contributed by atoms with Gasteiger partial charge in [0.05, 0.1) is 23.3 Å². The summed E-state index contributed by atoms with van der Waals surface area (Å²) >= 11 is 11.5. The molecule has 0 spiro atoms. The minimum Gasteiger partial charge on any atom is -0.363 e. The van der Waals surface area contributed by atoms with Crippen LogP contribution in [0.15, 0.2) is 23.1 Å². The number of ether oxygens (including phenoxy) is 1. The molecule has 0 radical (unpaired) electrons. The highest BCUT2D eigenvalue weighted by Crippen LogP contribution is 2.23. The van der Waals surface area contributed by atoms with E-state index in [9.17, 15) is 8.42 Å². The predicted octanol–water partition coefficient (Wildman–Crippen LogP) is 2.70. The molecule has 4 nitrogen and oxygen atoms in total. The van der Waals surface area contributed by atoms with Crippen molar-refractivity contribution < 1.29 is 13.2 Å². The fourth-order valence-corrected chi connectivity index (χ4v) is 3.02. The first-order valence-corrected chi connectivity index (χ1v) is 7.46. The second-order valence-electron chi connectivity index (χ2n) is 3.57. The summed E-state index contributed by atoms with van der Waals surface area (Å²) in [4.78, 5) is 0.0493. The molecule has 0 fully saturated rings. The zero-order chi connectivity index (χ0) is 13.8. The predicted molar refractivity (Wildman–Crippen MR) is 69.5 cm³/mol. The van der Waals surface area contributed by atoms with Crippen LogP contribution in [0.5, 0.6) is 0 Å². The summed E-state index contributed by atoms with van der Waals surface area (Å²) in [5, 5.41) is 9.01. The Labute approximate surface area is 116 Å². The van der Waals surface area contributed by atoms with Crippen molar-refractivity contribution in [3.8, 4) is 6.07 Å². The van der Waals surface area contributed by atoms with Gasteiger partial charge in [-0.1, -0.05) is 23.2 Å². The molecule has 98 valence electrons. The lowest BCUT2D eigenvalue weighted by Crippen LogP contribution is -2.16. The van der Waals surface area contributed by atoms with E-state index >= 15 is 0 Å². The largest absolute Gasteiger partial charge is 0.363 e. The number of benzene rings is 1. The van der Waals surface area contributed by atoms with E-state index in [1.165, 1.54) is 18.2 Å². The molecule has 0 amide bonds. The Balaban J connectivity index is 2.78. The van der Waals surface area contributed by atoms with Crippen molar-refractivity contribution in [2.75, 3.05) is 12.4 Å². The number of nitriles is 1. The molecule has 18 heavy (non-hydrogen) atoms. The zero-order valence-electron chi connectivity index (χ0n) is 9.56. The van der Waals surface area contributed by atoms with E-state index in [2.05, 4.69) is 0 Å². The van der Waals surface area contributed by atoms with Crippen molar-refractivity contribution in [3.63, 3.8) is 0 Å². The van der Waals surface area contributed by atoms with Crippen LogP contribution in [0, 0.1) is 11.3 Å². The van der Waals surface area contributed by atoms with Crippen LogP contribution >= 0.6 is 23.2 Å². The molecule has 0 aromatic heterocycles. The number of halogens is 2. The highest BCUT2D eigenvalue weighted by molar-refractivity contribution is 7.91. The van der Waals surface area contributed by atoms with Crippen LogP contribution in [0.4, 0.5) is 0 Å². The molecule has 0 heterocycles.